The molecule has 1 saturated carbocycles. The molecule has 0 atom stereocenters. The van der Waals surface area contributed by atoms with E-state index in [2.05, 4.69) is 32.6 Å². The smallest absolute Gasteiger partial charge is 0.305 e. The molecule has 0 aromatic carbocycles. The largest absolute Gasteiger partial charge is 0.462 e. The number of hydrogen-bond donors (Lipinski definition) is 0. The van der Waals surface area contributed by atoms with Gasteiger partial charge in [-0.2, -0.15) is 0 Å². The van der Waals surface area contributed by atoms with E-state index in [1.165, 1.54) is 12.8 Å². The molecule has 2 aliphatic rings. The Bertz CT molecular complexity index is 418. The summed E-state index contributed by atoms with van der Waals surface area (Å²) in [5.74, 6) is 0.341. The van der Waals surface area contributed by atoms with Crippen LogP contribution in [0, 0.1) is 5.92 Å². The molecule has 0 N–H and O–H groups in total. The molecule has 126 valence electrons. The second kappa shape index (κ2) is 6.21. The first kappa shape index (κ1) is 17.3. The van der Waals surface area contributed by atoms with Crippen molar-refractivity contribution < 1.29 is 14.3 Å². The fraction of sp³-hybridized carbons (Fsp3) is 0.889. The number of amides is 1. The van der Waals surface area contributed by atoms with E-state index in [0.717, 1.165) is 25.7 Å². The minimum absolute atomic E-state index is 0.0925. The maximum absolute atomic E-state index is 13.0. The van der Waals surface area contributed by atoms with E-state index in [1.807, 2.05) is 6.92 Å². The molecule has 1 saturated heterocycles. The maximum Gasteiger partial charge on any atom is 0.305 e. The Hall–Kier alpha value is -1.06. The zero-order chi connectivity index (χ0) is 16.5. The van der Waals surface area contributed by atoms with Gasteiger partial charge in [0.1, 0.15) is 6.10 Å². The van der Waals surface area contributed by atoms with E-state index in [1.54, 1.807) is 0 Å². The highest BCUT2D eigenvalue weighted by Gasteiger charge is 2.50. The van der Waals surface area contributed by atoms with E-state index < -0.39 is 0 Å². The first-order valence-corrected chi connectivity index (χ1v) is 8.71. The predicted molar refractivity (Wildman–Crippen MR) is 86.4 cm³/mol. The van der Waals surface area contributed by atoms with Crippen LogP contribution in [0.2, 0.25) is 0 Å². The van der Waals surface area contributed by atoms with Gasteiger partial charge in [0.05, 0.1) is 0 Å². The third-order valence-corrected chi connectivity index (χ3v) is 5.18. The molecule has 0 spiro atoms. The van der Waals surface area contributed by atoms with Crippen molar-refractivity contribution >= 4 is 11.9 Å². The van der Waals surface area contributed by atoms with Crippen molar-refractivity contribution in [2.45, 2.75) is 96.7 Å². The van der Waals surface area contributed by atoms with Gasteiger partial charge in [0.25, 0.3) is 0 Å². The van der Waals surface area contributed by atoms with Gasteiger partial charge in [0.2, 0.25) is 5.91 Å². The zero-order valence-electron chi connectivity index (χ0n) is 14.8. The van der Waals surface area contributed by atoms with Gasteiger partial charge in [-0.3, -0.25) is 9.59 Å². The number of nitrogens with zero attached hydrogens (tertiary/aromatic N) is 1. The molecule has 2 rings (SSSR count). The minimum Gasteiger partial charge on any atom is -0.462 e. The van der Waals surface area contributed by atoms with Gasteiger partial charge in [-0.1, -0.05) is 19.8 Å². The fourth-order valence-electron chi connectivity index (χ4n) is 4.49. The van der Waals surface area contributed by atoms with Gasteiger partial charge < -0.3 is 9.64 Å². The van der Waals surface area contributed by atoms with Gasteiger partial charge in [0, 0.05) is 36.3 Å². The highest BCUT2D eigenvalue weighted by Crippen LogP contribution is 2.42. The number of ether oxygens (including phenoxy) is 1. The van der Waals surface area contributed by atoms with E-state index in [9.17, 15) is 9.59 Å². The molecule has 0 aromatic heterocycles. The Morgan fingerprint density at radius 3 is 2.00 bits per heavy atom. The topological polar surface area (TPSA) is 46.6 Å². The Labute approximate surface area is 134 Å². The number of hydrogen-bond acceptors (Lipinski definition) is 3. The van der Waals surface area contributed by atoms with Crippen LogP contribution < -0.4 is 0 Å². The number of carbonyl (C=O) groups is 2. The normalized spacial score (nSPS) is 25.2. The molecule has 1 amide bonds. The van der Waals surface area contributed by atoms with E-state index in [0.29, 0.717) is 12.3 Å². The average molecular weight is 309 g/mol. The van der Waals surface area contributed by atoms with Crippen molar-refractivity contribution in [2.24, 2.45) is 5.92 Å². The summed E-state index contributed by atoms with van der Waals surface area (Å²) in [5, 5.41) is 0. The van der Waals surface area contributed by atoms with Crippen molar-refractivity contribution in [3.05, 3.63) is 0 Å². The monoisotopic (exact) mass is 309 g/mol. The second-order valence-electron chi connectivity index (χ2n) is 8.15. The van der Waals surface area contributed by atoms with Gasteiger partial charge >= 0.3 is 5.97 Å². The van der Waals surface area contributed by atoms with Crippen molar-refractivity contribution in [1.82, 2.24) is 4.90 Å². The van der Waals surface area contributed by atoms with Gasteiger partial charge in [0.15, 0.2) is 0 Å². The summed E-state index contributed by atoms with van der Waals surface area (Å²) in [5.41, 5.74) is -0.555. The molecule has 1 heterocycles. The molecule has 0 bridgehead atoms. The van der Waals surface area contributed by atoms with Crippen LogP contribution in [0.15, 0.2) is 0 Å². The number of piperidine rings is 1. The SMILES string of the molecule is CCC(=O)OC1CC(C)(C)N(C(=O)C2CCCC2)C(C)(C)C1. The third kappa shape index (κ3) is 3.47. The Kier molecular flexibility index (Phi) is 4.88. The average Bonchev–Trinajstić information content (AvgIpc) is 2.89. The van der Waals surface area contributed by atoms with E-state index in [-0.39, 0.29) is 29.1 Å². The third-order valence-electron chi connectivity index (χ3n) is 5.18. The van der Waals surface area contributed by atoms with Crippen molar-refractivity contribution in [1.29, 1.82) is 0 Å². The Morgan fingerprint density at radius 1 is 1.05 bits per heavy atom. The summed E-state index contributed by atoms with van der Waals surface area (Å²) in [7, 11) is 0. The highest BCUT2D eigenvalue weighted by molar-refractivity contribution is 5.81. The van der Waals surface area contributed by atoms with Gasteiger partial charge in [-0.25, -0.2) is 0 Å². The maximum atomic E-state index is 13.0. The molecule has 1 aliphatic heterocycles. The number of carbonyl (C=O) groups excluding carboxylic acids is 2. The minimum atomic E-state index is -0.278. The molecule has 1 aliphatic carbocycles. The number of likely N-dealkylation sites (tertiary alicyclic amines) is 1. The lowest BCUT2D eigenvalue weighted by atomic mass is 9.77. The summed E-state index contributed by atoms with van der Waals surface area (Å²) in [6.07, 6.45) is 6.14. The van der Waals surface area contributed by atoms with Gasteiger partial charge in [-0.05, 0) is 40.5 Å². The van der Waals surface area contributed by atoms with Crippen LogP contribution in [0.1, 0.15) is 79.6 Å². The van der Waals surface area contributed by atoms with E-state index >= 15 is 0 Å². The Morgan fingerprint density at radius 2 is 1.55 bits per heavy atom. The van der Waals surface area contributed by atoms with Crippen LogP contribution in [0.5, 0.6) is 0 Å². The summed E-state index contributed by atoms with van der Waals surface area (Å²) < 4.78 is 5.59. The molecule has 0 aromatic rings. The predicted octanol–water partition coefficient (Wildman–Crippen LogP) is 3.68. The number of rotatable bonds is 3. The van der Waals surface area contributed by atoms with E-state index in [4.69, 9.17) is 4.74 Å². The van der Waals surface area contributed by atoms with Crippen LogP contribution in [0.25, 0.3) is 0 Å². The van der Waals surface area contributed by atoms with Crippen LogP contribution in [-0.4, -0.2) is 34.0 Å². The highest BCUT2D eigenvalue weighted by atomic mass is 16.5. The summed E-state index contributed by atoms with van der Waals surface area (Å²) in [6, 6.07) is 0. The molecular weight excluding hydrogens is 278 g/mol. The first-order chi connectivity index (χ1) is 10.2. The lowest BCUT2D eigenvalue weighted by molar-refractivity contribution is -0.169. The molecule has 2 fully saturated rings. The van der Waals surface area contributed by atoms with Crippen LogP contribution in [-0.2, 0) is 14.3 Å². The molecule has 4 nitrogen and oxygen atoms in total. The first-order valence-electron chi connectivity index (χ1n) is 8.71. The van der Waals surface area contributed by atoms with Crippen LogP contribution in [0.4, 0.5) is 0 Å². The number of esters is 1. The second-order valence-corrected chi connectivity index (χ2v) is 8.15. The van der Waals surface area contributed by atoms with Crippen LogP contribution >= 0.6 is 0 Å². The lowest BCUT2D eigenvalue weighted by Crippen LogP contribution is -2.65. The molecule has 0 radical (unpaired) electrons. The summed E-state index contributed by atoms with van der Waals surface area (Å²) >= 11 is 0. The summed E-state index contributed by atoms with van der Waals surface area (Å²) in [4.78, 5) is 26.7. The van der Waals surface area contributed by atoms with Gasteiger partial charge in [-0.15, -0.1) is 0 Å². The van der Waals surface area contributed by atoms with Crippen LogP contribution in [0.3, 0.4) is 0 Å². The Balaban J connectivity index is 2.17. The lowest BCUT2D eigenvalue weighted by Gasteiger charge is -2.55. The standard InChI is InChI=1S/C18H31NO3/c1-6-15(20)22-14-11-17(2,3)19(18(4,5)12-14)16(21)13-9-7-8-10-13/h13-14H,6-12H2,1-5H3. The van der Waals surface area contributed by atoms with Crippen molar-refractivity contribution in [3.63, 3.8) is 0 Å². The quantitative estimate of drug-likeness (QED) is 0.747. The zero-order valence-corrected chi connectivity index (χ0v) is 14.8. The van der Waals surface area contributed by atoms with Crippen molar-refractivity contribution in [3.8, 4) is 0 Å². The molecular formula is C18H31NO3. The molecule has 0 unspecified atom stereocenters. The molecule has 22 heavy (non-hydrogen) atoms. The molecule has 4 heteroatoms. The van der Waals surface area contributed by atoms with Crippen molar-refractivity contribution in [2.75, 3.05) is 0 Å². The fourth-order valence-corrected chi connectivity index (χ4v) is 4.49. The summed E-state index contributed by atoms with van der Waals surface area (Å²) in [6.45, 7) is 10.2.